The number of hydrogen-bond donors (Lipinski definition) is 2. The van der Waals surface area contributed by atoms with Crippen molar-refractivity contribution in [3.8, 4) is 0 Å². The predicted octanol–water partition coefficient (Wildman–Crippen LogP) is 1.83. The molecular formula is C10H11N3S. The second kappa shape index (κ2) is 2.46. The highest BCUT2D eigenvalue weighted by molar-refractivity contribution is 7.22. The fourth-order valence-corrected chi connectivity index (χ4v) is 2.45. The number of aromatic nitrogens is 1. The summed E-state index contributed by atoms with van der Waals surface area (Å²) in [6.07, 6.45) is 2.18. The standard InChI is InChI=1S/C10H11N3S/c11-9-13-7-2-1-6(5-8(7)14-9)10(12)3-4-10/h1-2,5H,3-4,12H2,(H2,11,13). The summed E-state index contributed by atoms with van der Waals surface area (Å²) >= 11 is 1.52. The third-order valence-electron chi connectivity index (χ3n) is 2.77. The van der Waals surface area contributed by atoms with Crippen molar-refractivity contribution in [1.82, 2.24) is 4.98 Å². The summed E-state index contributed by atoms with van der Waals surface area (Å²) in [5.41, 5.74) is 13.9. The molecule has 0 amide bonds. The van der Waals surface area contributed by atoms with Gasteiger partial charge in [0.25, 0.3) is 0 Å². The summed E-state index contributed by atoms with van der Waals surface area (Å²) in [6.45, 7) is 0. The lowest BCUT2D eigenvalue weighted by Crippen LogP contribution is -2.18. The van der Waals surface area contributed by atoms with Gasteiger partial charge in [-0.05, 0) is 30.5 Å². The largest absolute Gasteiger partial charge is 0.375 e. The van der Waals surface area contributed by atoms with Crippen LogP contribution < -0.4 is 11.5 Å². The van der Waals surface area contributed by atoms with Crippen LogP contribution in [-0.4, -0.2) is 4.98 Å². The Balaban J connectivity index is 2.19. The molecule has 1 fully saturated rings. The second-order valence-electron chi connectivity index (χ2n) is 3.89. The zero-order valence-corrected chi connectivity index (χ0v) is 8.47. The van der Waals surface area contributed by atoms with Crippen molar-refractivity contribution in [1.29, 1.82) is 0 Å². The van der Waals surface area contributed by atoms with Crippen LogP contribution in [0.15, 0.2) is 18.2 Å². The van der Waals surface area contributed by atoms with Gasteiger partial charge in [0.05, 0.1) is 10.2 Å². The van der Waals surface area contributed by atoms with Gasteiger partial charge in [-0.2, -0.15) is 0 Å². The Morgan fingerprint density at radius 1 is 1.36 bits per heavy atom. The van der Waals surface area contributed by atoms with Gasteiger partial charge in [-0.3, -0.25) is 0 Å². The topological polar surface area (TPSA) is 64.9 Å². The predicted molar refractivity (Wildman–Crippen MR) is 59.1 cm³/mol. The first kappa shape index (κ1) is 8.20. The Morgan fingerprint density at radius 3 is 2.86 bits per heavy atom. The van der Waals surface area contributed by atoms with Gasteiger partial charge in [-0.15, -0.1) is 0 Å². The van der Waals surface area contributed by atoms with Crippen LogP contribution in [0.3, 0.4) is 0 Å². The highest BCUT2D eigenvalue weighted by Gasteiger charge is 2.39. The maximum absolute atomic E-state index is 6.12. The van der Waals surface area contributed by atoms with Crippen molar-refractivity contribution in [3.63, 3.8) is 0 Å². The van der Waals surface area contributed by atoms with Crippen LogP contribution in [0.2, 0.25) is 0 Å². The molecule has 2 aromatic rings. The van der Waals surface area contributed by atoms with Gasteiger partial charge in [0, 0.05) is 5.54 Å². The fraction of sp³-hybridized carbons (Fsp3) is 0.300. The molecule has 1 saturated carbocycles. The Labute approximate surface area is 85.7 Å². The van der Waals surface area contributed by atoms with Crippen LogP contribution in [0, 0.1) is 0 Å². The summed E-state index contributed by atoms with van der Waals surface area (Å²) in [4.78, 5) is 4.21. The molecule has 3 rings (SSSR count). The van der Waals surface area contributed by atoms with Crippen molar-refractivity contribution in [2.45, 2.75) is 18.4 Å². The number of rotatable bonds is 1. The van der Waals surface area contributed by atoms with Crippen molar-refractivity contribution < 1.29 is 0 Å². The van der Waals surface area contributed by atoms with E-state index in [2.05, 4.69) is 17.1 Å². The number of thiazole rings is 1. The molecular weight excluding hydrogens is 194 g/mol. The lowest BCUT2D eigenvalue weighted by Gasteiger charge is -2.07. The van der Waals surface area contributed by atoms with Crippen LogP contribution in [-0.2, 0) is 5.54 Å². The average molecular weight is 205 g/mol. The van der Waals surface area contributed by atoms with Gasteiger partial charge in [0.1, 0.15) is 0 Å². The fourth-order valence-electron chi connectivity index (χ4n) is 1.68. The Morgan fingerprint density at radius 2 is 2.14 bits per heavy atom. The molecule has 72 valence electrons. The van der Waals surface area contributed by atoms with Crippen LogP contribution >= 0.6 is 11.3 Å². The molecule has 1 aliphatic rings. The van der Waals surface area contributed by atoms with E-state index in [1.165, 1.54) is 16.9 Å². The van der Waals surface area contributed by atoms with Crippen molar-refractivity contribution in [2.75, 3.05) is 5.73 Å². The molecule has 0 radical (unpaired) electrons. The monoisotopic (exact) mass is 205 g/mol. The number of anilines is 1. The van der Waals surface area contributed by atoms with Gasteiger partial charge >= 0.3 is 0 Å². The molecule has 3 nitrogen and oxygen atoms in total. The first-order chi connectivity index (χ1) is 6.67. The van der Waals surface area contributed by atoms with E-state index in [0.29, 0.717) is 5.13 Å². The minimum Gasteiger partial charge on any atom is -0.375 e. The molecule has 1 heterocycles. The number of nitrogens with two attached hydrogens (primary N) is 2. The molecule has 0 aliphatic heterocycles. The van der Waals surface area contributed by atoms with E-state index >= 15 is 0 Å². The van der Waals surface area contributed by atoms with Gasteiger partial charge in [0.15, 0.2) is 5.13 Å². The minimum atomic E-state index is -0.0626. The number of fused-ring (bicyclic) bond motifs is 1. The molecule has 0 bridgehead atoms. The summed E-state index contributed by atoms with van der Waals surface area (Å²) in [5.74, 6) is 0. The zero-order valence-electron chi connectivity index (χ0n) is 7.66. The second-order valence-corrected chi connectivity index (χ2v) is 4.95. The number of nitrogens with zero attached hydrogens (tertiary/aromatic N) is 1. The summed E-state index contributed by atoms with van der Waals surface area (Å²) in [5, 5.41) is 0.624. The van der Waals surface area contributed by atoms with Crippen LogP contribution in [0.4, 0.5) is 5.13 Å². The Kier molecular flexibility index (Phi) is 1.44. The first-order valence-corrected chi connectivity index (χ1v) is 5.44. The zero-order chi connectivity index (χ0) is 9.76. The van der Waals surface area contributed by atoms with Gasteiger partial charge in [0.2, 0.25) is 0 Å². The molecule has 4 heteroatoms. The number of benzene rings is 1. The van der Waals surface area contributed by atoms with E-state index in [1.54, 1.807) is 0 Å². The quantitative estimate of drug-likeness (QED) is 0.746. The number of hydrogen-bond acceptors (Lipinski definition) is 4. The van der Waals surface area contributed by atoms with Crippen LogP contribution in [0.5, 0.6) is 0 Å². The van der Waals surface area contributed by atoms with Crippen molar-refractivity contribution in [3.05, 3.63) is 23.8 Å². The highest BCUT2D eigenvalue weighted by Crippen LogP contribution is 2.43. The molecule has 14 heavy (non-hydrogen) atoms. The molecule has 1 aromatic carbocycles. The van der Waals surface area contributed by atoms with E-state index < -0.39 is 0 Å². The molecule has 4 N–H and O–H groups in total. The lowest BCUT2D eigenvalue weighted by atomic mass is 10.1. The third-order valence-corrected chi connectivity index (χ3v) is 3.62. The maximum Gasteiger partial charge on any atom is 0.181 e. The van der Waals surface area contributed by atoms with Gasteiger partial charge < -0.3 is 11.5 Å². The first-order valence-electron chi connectivity index (χ1n) is 4.63. The van der Waals surface area contributed by atoms with Crippen LogP contribution in [0.25, 0.3) is 10.2 Å². The van der Waals surface area contributed by atoms with Crippen LogP contribution in [0.1, 0.15) is 18.4 Å². The minimum absolute atomic E-state index is 0.0626. The molecule has 1 aliphatic carbocycles. The normalized spacial score (nSPS) is 18.6. The van der Waals surface area contributed by atoms with E-state index in [1.807, 2.05) is 6.07 Å². The van der Waals surface area contributed by atoms with Gasteiger partial charge in [-0.1, -0.05) is 17.4 Å². The molecule has 1 aromatic heterocycles. The molecule has 0 saturated heterocycles. The van der Waals surface area contributed by atoms with Crippen molar-refractivity contribution in [2.24, 2.45) is 5.73 Å². The summed E-state index contributed by atoms with van der Waals surface area (Å²) in [6, 6.07) is 6.19. The Bertz CT molecular complexity index is 499. The molecule has 0 spiro atoms. The van der Waals surface area contributed by atoms with E-state index in [0.717, 1.165) is 23.1 Å². The smallest absolute Gasteiger partial charge is 0.181 e. The van der Waals surface area contributed by atoms with Crippen molar-refractivity contribution >= 4 is 26.7 Å². The molecule has 0 unspecified atom stereocenters. The number of nitrogen functional groups attached to an aromatic ring is 1. The highest BCUT2D eigenvalue weighted by atomic mass is 32.1. The van der Waals surface area contributed by atoms with Gasteiger partial charge in [-0.25, -0.2) is 4.98 Å². The van der Waals surface area contributed by atoms with E-state index in [-0.39, 0.29) is 5.54 Å². The SMILES string of the molecule is Nc1nc2ccc(C3(N)CC3)cc2s1. The third kappa shape index (κ3) is 1.11. The van der Waals surface area contributed by atoms with E-state index in [9.17, 15) is 0 Å². The lowest BCUT2D eigenvalue weighted by molar-refractivity contribution is 0.742. The summed E-state index contributed by atoms with van der Waals surface area (Å²) in [7, 11) is 0. The molecule has 0 atom stereocenters. The summed E-state index contributed by atoms with van der Waals surface area (Å²) < 4.78 is 1.14. The van der Waals surface area contributed by atoms with E-state index in [4.69, 9.17) is 11.5 Å². The Hall–Kier alpha value is -1.13. The average Bonchev–Trinajstić information content (AvgIpc) is 2.79. The maximum atomic E-state index is 6.12.